The highest BCUT2D eigenvalue weighted by Crippen LogP contribution is 2.33. The SMILES string of the molecule is CC(C)(C)c1nc(-c2cccnc2)sc1CN. The second kappa shape index (κ2) is 4.55. The van der Waals surface area contributed by atoms with Crippen molar-refractivity contribution in [3.05, 3.63) is 35.1 Å². The lowest BCUT2D eigenvalue weighted by molar-refractivity contribution is 0.567. The van der Waals surface area contributed by atoms with Gasteiger partial charge in [-0.2, -0.15) is 0 Å². The molecule has 0 amide bonds. The first-order chi connectivity index (χ1) is 8.02. The highest BCUT2D eigenvalue weighted by Gasteiger charge is 2.22. The maximum Gasteiger partial charge on any atom is 0.125 e. The summed E-state index contributed by atoms with van der Waals surface area (Å²) in [6.07, 6.45) is 3.61. The van der Waals surface area contributed by atoms with Crippen LogP contribution in [0.1, 0.15) is 31.3 Å². The second-order valence-electron chi connectivity index (χ2n) is 4.99. The molecule has 2 heterocycles. The second-order valence-corrected chi connectivity index (χ2v) is 6.07. The van der Waals surface area contributed by atoms with Crippen molar-refractivity contribution in [2.45, 2.75) is 32.7 Å². The Labute approximate surface area is 106 Å². The molecule has 2 N–H and O–H groups in total. The quantitative estimate of drug-likeness (QED) is 0.887. The van der Waals surface area contributed by atoms with E-state index in [0.29, 0.717) is 6.54 Å². The lowest BCUT2D eigenvalue weighted by Gasteiger charge is -2.16. The average molecular weight is 247 g/mol. The fourth-order valence-corrected chi connectivity index (χ4v) is 2.83. The lowest BCUT2D eigenvalue weighted by Crippen LogP contribution is -2.15. The smallest absolute Gasteiger partial charge is 0.125 e. The van der Waals surface area contributed by atoms with Crippen LogP contribution >= 0.6 is 11.3 Å². The van der Waals surface area contributed by atoms with Crippen molar-refractivity contribution in [2.75, 3.05) is 0 Å². The molecule has 0 aliphatic rings. The highest BCUT2D eigenvalue weighted by atomic mass is 32.1. The molecule has 2 aromatic heterocycles. The Kier molecular flexibility index (Phi) is 3.26. The number of pyridine rings is 1. The van der Waals surface area contributed by atoms with Crippen LogP contribution in [0.4, 0.5) is 0 Å². The zero-order chi connectivity index (χ0) is 12.5. The molecular weight excluding hydrogens is 230 g/mol. The first-order valence-corrected chi connectivity index (χ1v) is 6.44. The van der Waals surface area contributed by atoms with Crippen LogP contribution in [-0.4, -0.2) is 9.97 Å². The summed E-state index contributed by atoms with van der Waals surface area (Å²) in [6, 6.07) is 3.95. The van der Waals surface area contributed by atoms with Crippen LogP contribution in [0.25, 0.3) is 10.6 Å². The van der Waals surface area contributed by atoms with Crippen LogP contribution in [-0.2, 0) is 12.0 Å². The predicted molar refractivity (Wildman–Crippen MR) is 71.9 cm³/mol. The Morgan fingerprint density at radius 2 is 2.12 bits per heavy atom. The summed E-state index contributed by atoms with van der Waals surface area (Å²) >= 11 is 1.66. The monoisotopic (exact) mass is 247 g/mol. The molecule has 90 valence electrons. The van der Waals surface area contributed by atoms with E-state index >= 15 is 0 Å². The van der Waals surface area contributed by atoms with E-state index in [1.54, 1.807) is 17.5 Å². The van der Waals surface area contributed by atoms with Gasteiger partial charge in [0.05, 0.1) is 5.69 Å². The van der Waals surface area contributed by atoms with Gasteiger partial charge in [-0.25, -0.2) is 4.98 Å². The van der Waals surface area contributed by atoms with E-state index in [1.165, 1.54) is 0 Å². The number of rotatable bonds is 2. The number of hydrogen-bond donors (Lipinski definition) is 1. The standard InChI is InChI=1S/C13H17N3S/c1-13(2,3)11-10(7-14)17-12(16-11)9-5-4-6-15-8-9/h4-6,8H,7,14H2,1-3H3. The molecule has 17 heavy (non-hydrogen) atoms. The van der Waals surface area contributed by atoms with Crippen molar-refractivity contribution < 1.29 is 0 Å². The fraction of sp³-hybridized carbons (Fsp3) is 0.385. The molecule has 0 bridgehead atoms. The van der Waals surface area contributed by atoms with Gasteiger partial charge in [-0.05, 0) is 12.1 Å². The third-order valence-corrected chi connectivity index (χ3v) is 3.63. The number of hydrogen-bond acceptors (Lipinski definition) is 4. The molecule has 3 nitrogen and oxygen atoms in total. The van der Waals surface area contributed by atoms with Crippen LogP contribution in [0.3, 0.4) is 0 Å². The van der Waals surface area contributed by atoms with Gasteiger partial charge in [0.1, 0.15) is 5.01 Å². The first-order valence-electron chi connectivity index (χ1n) is 5.63. The minimum Gasteiger partial charge on any atom is -0.326 e. The Hall–Kier alpha value is -1.26. The number of aromatic nitrogens is 2. The third kappa shape index (κ3) is 2.53. The maximum absolute atomic E-state index is 5.79. The zero-order valence-corrected chi connectivity index (χ0v) is 11.2. The summed E-state index contributed by atoms with van der Waals surface area (Å²) in [4.78, 5) is 10.0. The van der Waals surface area contributed by atoms with Gasteiger partial charge in [0.25, 0.3) is 0 Å². The normalized spacial score (nSPS) is 11.8. The number of nitrogens with zero attached hydrogens (tertiary/aromatic N) is 2. The van der Waals surface area contributed by atoms with Crippen molar-refractivity contribution in [1.29, 1.82) is 0 Å². The highest BCUT2D eigenvalue weighted by molar-refractivity contribution is 7.15. The fourth-order valence-electron chi connectivity index (χ4n) is 1.69. The first kappa shape index (κ1) is 12.2. The third-order valence-electron chi connectivity index (χ3n) is 2.50. The van der Waals surface area contributed by atoms with E-state index in [-0.39, 0.29) is 5.41 Å². The van der Waals surface area contributed by atoms with Gasteiger partial charge in [0.15, 0.2) is 0 Å². The van der Waals surface area contributed by atoms with E-state index < -0.39 is 0 Å². The van der Waals surface area contributed by atoms with Gasteiger partial charge in [-0.3, -0.25) is 4.98 Å². The van der Waals surface area contributed by atoms with E-state index in [9.17, 15) is 0 Å². The minimum absolute atomic E-state index is 0.0334. The summed E-state index contributed by atoms with van der Waals surface area (Å²) in [6.45, 7) is 7.03. The molecule has 0 saturated heterocycles. The molecular formula is C13H17N3S. The number of nitrogens with two attached hydrogens (primary N) is 1. The Morgan fingerprint density at radius 1 is 1.35 bits per heavy atom. The van der Waals surface area contributed by atoms with E-state index in [0.717, 1.165) is 21.1 Å². The molecule has 0 aliphatic carbocycles. The molecule has 0 spiro atoms. The summed E-state index contributed by atoms with van der Waals surface area (Å²) in [5.74, 6) is 0. The van der Waals surface area contributed by atoms with Crippen LogP contribution in [0.15, 0.2) is 24.5 Å². The van der Waals surface area contributed by atoms with E-state index in [1.807, 2.05) is 18.3 Å². The van der Waals surface area contributed by atoms with Gasteiger partial charge < -0.3 is 5.73 Å². The molecule has 2 rings (SSSR count). The number of thiazole rings is 1. The van der Waals surface area contributed by atoms with Gasteiger partial charge in [-0.1, -0.05) is 20.8 Å². The largest absolute Gasteiger partial charge is 0.326 e. The van der Waals surface area contributed by atoms with Gasteiger partial charge in [0, 0.05) is 34.8 Å². The van der Waals surface area contributed by atoms with Crippen molar-refractivity contribution >= 4 is 11.3 Å². The molecule has 0 unspecified atom stereocenters. The summed E-state index contributed by atoms with van der Waals surface area (Å²) in [5, 5.41) is 1.00. The van der Waals surface area contributed by atoms with Crippen molar-refractivity contribution in [1.82, 2.24) is 9.97 Å². The minimum atomic E-state index is 0.0334. The maximum atomic E-state index is 5.79. The molecule has 0 aliphatic heterocycles. The van der Waals surface area contributed by atoms with Crippen LogP contribution in [0.2, 0.25) is 0 Å². The van der Waals surface area contributed by atoms with Crippen molar-refractivity contribution in [2.24, 2.45) is 5.73 Å². The average Bonchev–Trinajstić information content (AvgIpc) is 2.74. The van der Waals surface area contributed by atoms with E-state index in [2.05, 4.69) is 25.8 Å². The van der Waals surface area contributed by atoms with Gasteiger partial charge in [-0.15, -0.1) is 11.3 Å². The summed E-state index contributed by atoms with van der Waals surface area (Å²) in [5.41, 5.74) is 7.99. The Balaban J connectivity index is 2.49. The van der Waals surface area contributed by atoms with E-state index in [4.69, 9.17) is 10.7 Å². The Morgan fingerprint density at radius 3 is 2.59 bits per heavy atom. The molecule has 0 saturated carbocycles. The van der Waals surface area contributed by atoms with Crippen LogP contribution < -0.4 is 5.73 Å². The molecule has 0 aromatic carbocycles. The van der Waals surface area contributed by atoms with Crippen LogP contribution in [0, 0.1) is 0 Å². The van der Waals surface area contributed by atoms with Crippen molar-refractivity contribution in [3.8, 4) is 10.6 Å². The molecule has 0 atom stereocenters. The van der Waals surface area contributed by atoms with Gasteiger partial charge in [0.2, 0.25) is 0 Å². The van der Waals surface area contributed by atoms with Crippen LogP contribution in [0.5, 0.6) is 0 Å². The molecule has 2 aromatic rings. The summed E-state index contributed by atoms with van der Waals surface area (Å²) in [7, 11) is 0. The molecule has 0 radical (unpaired) electrons. The van der Waals surface area contributed by atoms with Crippen molar-refractivity contribution in [3.63, 3.8) is 0 Å². The molecule has 4 heteroatoms. The Bertz CT molecular complexity index is 497. The predicted octanol–water partition coefficient (Wildman–Crippen LogP) is 2.96. The topological polar surface area (TPSA) is 51.8 Å². The molecule has 0 fully saturated rings. The summed E-state index contributed by atoms with van der Waals surface area (Å²) < 4.78 is 0. The lowest BCUT2D eigenvalue weighted by atomic mass is 9.91. The van der Waals surface area contributed by atoms with Gasteiger partial charge >= 0.3 is 0 Å². The zero-order valence-electron chi connectivity index (χ0n) is 10.4.